The Labute approximate surface area is 307 Å². The van der Waals surface area contributed by atoms with Crippen LogP contribution < -0.4 is 24.8 Å². The Morgan fingerprint density at radius 3 is 1.60 bits per heavy atom. The zero-order valence-electron chi connectivity index (χ0n) is 30.5. The van der Waals surface area contributed by atoms with Crippen LogP contribution in [0.15, 0.2) is 56.9 Å². The minimum absolute atomic E-state index is 0. The summed E-state index contributed by atoms with van der Waals surface area (Å²) in [6, 6.07) is 15.6. The number of hydrogen-bond donors (Lipinski definition) is 0. The van der Waals surface area contributed by atoms with E-state index in [-0.39, 0.29) is 35.6 Å². The fourth-order valence-corrected chi connectivity index (χ4v) is 22.6. The van der Waals surface area contributed by atoms with Crippen molar-refractivity contribution in [1.82, 2.24) is 0 Å². The third-order valence-electron chi connectivity index (χ3n) is 13.4. The van der Waals surface area contributed by atoms with Crippen molar-refractivity contribution in [3.8, 4) is 11.1 Å². The normalized spacial score (nSPS) is 29.5. The Hall–Kier alpha value is -0.747. The third-order valence-corrected chi connectivity index (χ3v) is 22.6. The second-order valence-corrected chi connectivity index (χ2v) is 25.3. The molecule has 0 aliphatic heterocycles. The standard InChI is InChI=1S/C21H25.C17H23.C6H10.2ClH.Zr/c1-20(2,3)16-9-7-14-11-15-8-10-17(21(4,5)6)13-19(15)18(14)12-16;1-11-3-12(2)16(4-11)17-8-13-5-14(9-17)7-15(6-13)10-17;1-2-4-6-5-3-1;;;/h7-13H,1-6H3;3,11,13-15H,5-10H2,1-2H3;1-5H2;2*1H;/q;;;;;+2/p-2. The van der Waals surface area contributed by atoms with Gasteiger partial charge in [-0.15, -0.1) is 0 Å². The van der Waals surface area contributed by atoms with E-state index in [1.807, 2.05) is 5.57 Å². The van der Waals surface area contributed by atoms with E-state index in [9.17, 15) is 0 Å². The quantitative estimate of drug-likeness (QED) is 0.352. The molecule has 7 aliphatic rings. The Morgan fingerprint density at radius 1 is 0.681 bits per heavy atom. The van der Waals surface area contributed by atoms with Crippen molar-refractivity contribution in [2.75, 3.05) is 0 Å². The molecular formula is C44H58Cl2Zr. The number of hydrogen-bond acceptors (Lipinski definition) is 0. The van der Waals surface area contributed by atoms with Crippen molar-refractivity contribution in [2.24, 2.45) is 29.1 Å². The van der Waals surface area contributed by atoms with Crippen molar-refractivity contribution in [3.05, 3.63) is 79.2 Å². The topological polar surface area (TPSA) is 0 Å². The number of allylic oxidation sites excluding steroid dienone is 4. The van der Waals surface area contributed by atoms with E-state index in [1.165, 1.54) is 81.8 Å². The predicted molar refractivity (Wildman–Crippen MR) is 190 cm³/mol. The van der Waals surface area contributed by atoms with Crippen LogP contribution in [0.4, 0.5) is 0 Å². The number of halogens is 2. The molecule has 2 aromatic rings. The molecule has 3 heteroatoms. The first-order chi connectivity index (χ1) is 21.3. The first-order valence-electron chi connectivity index (χ1n) is 18.8. The van der Waals surface area contributed by atoms with Gasteiger partial charge in [-0.2, -0.15) is 0 Å². The van der Waals surface area contributed by atoms with Crippen LogP contribution >= 0.6 is 0 Å². The van der Waals surface area contributed by atoms with Gasteiger partial charge in [0.05, 0.1) is 0 Å². The first kappa shape index (κ1) is 36.1. The molecule has 0 radical (unpaired) electrons. The minimum atomic E-state index is -2.41. The van der Waals surface area contributed by atoms with Crippen LogP contribution in [-0.2, 0) is 32.1 Å². The van der Waals surface area contributed by atoms with Crippen LogP contribution in [0.2, 0.25) is 0 Å². The summed E-state index contributed by atoms with van der Waals surface area (Å²) in [5, 5.41) is 0. The Bertz CT molecular complexity index is 1550. The van der Waals surface area contributed by atoms with Gasteiger partial charge in [-0.3, -0.25) is 0 Å². The van der Waals surface area contributed by atoms with Crippen molar-refractivity contribution >= 4 is 3.21 Å². The van der Waals surface area contributed by atoms with Gasteiger partial charge in [0.2, 0.25) is 0 Å². The molecule has 5 fully saturated rings. The molecule has 7 aliphatic carbocycles. The van der Waals surface area contributed by atoms with Gasteiger partial charge in [-0.05, 0) is 0 Å². The molecular weight excluding hydrogens is 691 g/mol. The molecule has 47 heavy (non-hydrogen) atoms. The molecule has 1 unspecified atom stereocenters. The Morgan fingerprint density at radius 2 is 1.15 bits per heavy atom. The van der Waals surface area contributed by atoms with Gasteiger partial charge in [0.1, 0.15) is 0 Å². The van der Waals surface area contributed by atoms with E-state index in [1.54, 1.807) is 27.8 Å². The van der Waals surface area contributed by atoms with E-state index in [2.05, 4.69) is 104 Å². The SMILES string of the molecule is CC1=CC(C)[C]([Zr+2](=[C]2CCCCC2)[CH]2c3ccc(C(C)(C)C)cc3-c3cc(C(C)(C)C)ccc32)=C1C12CC3CC(CC(C3)C1)C2.[Cl-].[Cl-]. The van der Waals surface area contributed by atoms with Gasteiger partial charge in [0.25, 0.3) is 0 Å². The zero-order valence-corrected chi connectivity index (χ0v) is 34.4. The van der Waals surface area contributed by atoms with Crippen LogP contribution in [0.3, 0.4) is 0 Å². The smallest absolute Gasteiger partial charge is 1.00 e. The van der Waals surface area contributed by atoms with Crippen molar-refractivity contribution in [1.29, 1.82) is 0 Å². The van der Waals surface area contributed by atoms with Crippen molar-refractivity contribution in [2.45, 2.75) is 140 Å². The van der Waals surface area contributed by atoms with E-state index in [0.29, 0.717) is 15.0 Å². The average molecular weight is 749 g/mol. The molecule has 1 atom stereocenters. The third kappa shape index (κ3) is 6.05. The monoisotopic (exact) mass is 746 g/mol. The summed E-state index contributed by atoms with van der Waals surface area (Å²) in [5.41, 5.74) is 14.0. The largest absolute Gasteiger partial charge is 1.00 e. The van der Waals surface area contributed by atoms with Crippen LogP contribution in [0, 0.1) is 29.1 Å². The van der Waals surface area contributed by atoms with E-state index >= 15 is 0 Å². The predicted octanol–water partition coefficient (Wildman–Crippen LogP) is 6.18. The molecule has 2 aromatic carbocycles. The molecule has 0 nitrogen and oxygen atoms in total. The van der Waals surface area contributed by atoms with Gasteiger partial charge in [-0.25, -0.2) is 0 Å². The fourth-order valence-electron chi connectivity index (χ4n) is 11.8. The molecule has 0 spiro atoms. The molecule has 252 valence electrons. The molecule has 0 amide bonds. The molecule has 0 saturated heterocycles. The summed E-state index contributed by atoms with van der Waals surface area (Å²) in [6.45, 7) is 19.5. The molecule has 5 saturated carbocycles. The van der Waals surface area contributed by atoms with Gasteiger partial charge < -0.3 is 24.8 Å². The zero-order chi connectivity index (χ0) is 31.5. The summed E-state index contributed by atoms with van der Waals surface area (Å²) >= 11 is -2.41. The van der Waals surface area contributed by atoms with Crippen LogP contribution in [-0.4, -0.2) is 3.21 Å². The molecule has 0 N–H and O–H groups in total. The first-order valence-corrected chi connectivity index (χ1v) is 22.6. The van der Waals surface area contributed by atoms with E-state index < -0.39 is 21.3 Å². The van der Waals surface area contributed by atoms with Crippen LogP contribution in [0.5, 0.6) is 0 Å². The van der Waals surface area contributed by atoms with E-state index in [0.717, 1.165) is 17.8 Å². The van der Waals surface area contributed by atoms with Crippen LogP contribution in [0.1, 0.15) is 152 Å². The Kier molecular flexibility index (Phi) is 9.81. The Balaban J connectivity index is 0.00000193. The fraction of sp³-hybridized carbons (Fsp3) is 0.614. The summed E-state index contributed by atoms with van der Waals surface area (Å²) in [5.74, 6) is 3.64. The molecule has 0 aromatic heterocycles. The van der Waals surface area contributed by atoms with Crippen LogP contribution in [0.25, 0.3) is 11.1 Å². The summed E-state index contributed by atoms with van der Waals surface area (Å²) in [6.07, 6.45) is 19.0. The second kappa shape index (κ2) is 12.8. The van der Waals surface area contributed by atoms with Gasteiger partial charge >= 0.3 is 284 Å². The van der Waals surface area contributed by atoms with Crippen molar-refractivity contribution in [3.63, 3.8) is 0 Å². The second-order valence-electron chi connectivity index (χ2n) is 18.7. The number of benzene rings is 2. The van der Waals surface area contributed by atoms with Crippen molar-refractivity contribution < 1.29 is 46.1 Å². The minimum Gasteiger partial charge on any atom is -1.00 e. The number of fused-ring (bicyclic) bond motifs is 3. The van der Waals surface area contributed by atoms with Gasteiger partial charge in [0.15, 0.2) is 0 Å². The maximum absolute atomic E-state index is 2.76. The summed E-state index contributed by atoms with van der Waals surface area (Å²) in [4.78, 5) is 0. The maximum Gasteiger partial charge on any atom is -1.00 e. The van der Waals surface area contributed by atoms with Gasteiger partial charge in [0, 0.05) is 0 Å². The maximum atomic E-state index is 2.76. The number of rotatable bonds is 3. The summed E-state index contributed by atoms with van der Waals surface area (Å²) < 4.78 is 4.78. The summed E-state index contributed by atoms with van der Waals surface area (Å²) in [7, 11) is 0. The molecule has 0 heterocycles. The molecule has 9 rings (SSSR count). The molecule has 4 bridgehead atoms. The van der Waals surface area contributed by atoms with Gasteiger partial charge in [-0.1, -0.05) is 0 Å². The van der Waals surface area contributed by atoms with E-state index in [4.69, 9.17) is 0 Å². The average Bonchev–Trinajstić information content (AvgIpc) is 3.45.